The van der Waals surface area contributed by atoms with Gasteiger partial charge < -0.3 is 5.73 Å². The normalized spacial score (nSPS) is 23.2. The molecule has 4 nitrogen and oxygen atoms in total. The molecule has 2 N–H and O–H groups in total. The molecule has 0 aromatic heterocycles. The van der Waals surface area contributed by atoms with E-state index in [4.69, 9.17) is 5.73 Å². The monoisotopic (exact) mass is 322 g/mol. The van der Waals surface area contributed by atoms with Crippen LogP contribution in [0.5, 0.6) is 0 Å². The summed E-state index contributed by atoms with van der Waals surface area (Å²) in [6.07, 6.45) is 0.386. The van der Waals surface area contributed by atoms with Gasteiger partial charge in [-0.3, -0.25) is 0 Å². The smallest absolute Gasteiger partial charge is 0.248 e. The lowest BCUT2D eigenvalue weighted by Gasteiger charge is -2.41. The van der Waals surface area contributed by atoms with Crippen molar-refractivity contribution in [3.05, 3.63) is 29.6 Å². The number of halogens is 3. The van der Waals surface area contributed by atoms with Gasteiger partial charge in [-0.25, -0.2) is 21.6 Å². The highest BCUT2D eigenvalue weighted by Crippen LogP contribution is 2.32. The molecule has 8 heteroatoms. The Morgan fingerprint density at radius 3 is 2.24 bits per heavy atom. The van der Waals surface area contributed by atoms with Crippen molar-refractivity contribution in [3.8, 4) is 0 Å². The molecule has 1 fully saturated rings. The first-order chi connectivity index (χ1) is 9.55. The molecular weight excluding hydrogens is 305 g/mol. The number of piperidine rings is 1. The van der Waals surface area contributed by atoms with Gasteiger partial charge in [-0.05, 0) is 11.8 Å². The number of sulfonamides is 1. The Hall–Kier alpha value is -1.12. The first-order valence-corrected chi connectivity index (χ1v) is 7.90. The number of nitrogens with zero attached hydrogens (tertiary/aromatic N) is 1. The van der Waals surface area contributed by atoms with Crippen molar-refractivity contribution in [2.24, 2.45) is 11.1 Å². The minimum absolute atomic E-state index is 0.0484. The summed E-state index contributed by atoms with van der Waals surface area (Å²) in [5, 5.41) is 0. The van der Waals surface area contributed by atoms with E-state index in [9.17, 15) is 21.6 Å². The topological polar surface area (TPSA) is 63.4 Å². The predicted molar refractivity (Wildman–Crippen MR) is 71.4 cm³/mol. The molecule has 0 radical (unpaired) electrons. The van der Waals surface area contributed by atoms with Crippen LogP contribution >= 0.6 is 0 Å². The number of hydrogen-bond acceptors (Lipinski definition) is 3. The van der Waals surface area contributed by atoms with E-state index in [0.717, 1.165) is 4.31 Å². The van der Waals surface area contributed by atoms with Gasteiger partial charge in [0.1, 0.15) is 17.5 Å². The first-order valence-electron chi connectivity index (χ1n) is 6.46. The van der Waals surface area contributed by atoms with E-state index in [0.29, 0.717) is 18.6 Å². The molecular formula is C13H17F3N2O2S. The Kier molecular flexibility index (Phi) is 4.07. The van der Waals surface area contributed by atoms with Gasteiger partial charge in [0.2, 0.25) is 10.0 Å². The van der Waals surface area contributed by atoms with E-state index in [1.54, 1.807) is 13.8 Å². The van der Waals surface area contributed by atoms with Gasteiger partial charge in [0.25, 0.3) is 0 Å². The summed E-state index contributed by atoms with van der Waals surface area (Å²) in [6.45, 7) is 3.70. The predicted octanol–water partition coefficient (Wildman–Crippen LogP) is 1.85. The van der Waals surface area contributed by atoms with Gasteiger partial charge in [0, 0.05) is 31.3 Å². The molecule has 1 aliphatic rings. The molecule has 1 saturated heterocycles. The van der Waals surface area contributed by atoms with Crippen LogP contribution in [0.25, 0.3) is 0 Å². The molecule has 21 heavy (non-hydrogen) atoms. The summed E-state index contributed by atoms with van der Waals surface area (Å²) in [7, 11) is -4.37. The van der Waals surface area contributed by atoms with Crippen LogP contribution in [0.1, 0.15) is 20.3 Å². The highest BCUT2D eigenvalue weighted by atomic mass is 32.2. The standard InChI is InChI=1S/C13H17F3N2O2S/c1-13(2)7-18(4-3-11(13)17)21(19,20)12-9(15)5-8(14)6-10(12)16/h5-6,11H,3-4,7,17H2,1-2H3. The maximum Gasteiger partial charge on any atom is 0.248 e. The van der Waals surface area contributed by atoms with Crippen LogP contribution in [0.2, 0.25) is 0 Å². The fraction of sp³-hybridized carbons (Fsp3) is 0.538. The molecule has 1 aliphatic heterocycles. The van der Waals surface area contributed by atoms with Crippen molar-refractivity contribution in [1.29, 1.82) is 0 Å². The van der Waals surface area contributed by atoms with Crippen molar-refractivity contribution in [3.63, 3.8) is 0 Å². The fourth-order valence-electron chi connectivity index (χ4n) is 2.43. The van der Waals surface area contributed by atoms with E-state index in [-0.39, 0.29) is 19.1 Å². The third-order valence-electron chi connectivity index (χ3n) is 3.84. The molecule has 0 spiro atoms. The third-order valence-corrected chi connectivity index (χ3v) is 5.74. The molecule has 1 aromatic rings. The van der Waals surface area contributed by atoms with E-state index in [1.807, 2.05) is 0 Å². The van der Waals surface area contributed by atoms with Crippen LogP contribution in [-0.4, -0.2) is 31.9 Å². The summed E-state index contributed by atoms with van der Waals surface area (Å²) in [4.78, 5) is -1.12. The summed E-state index contributed by atoms with van der Waals surface area (Å²) in [6, 6.07) is 0.514. The van der Waals surface area contributed by atoms with E-state index in [1.165, 1.54) is 0 Å². The van der Waals surface area contributed by atoms with Crippen molar-refractivity contribution < 1.29 is 21.6 Å². The zero-order valence-electron chi connectivity index (χ0n) is 11.7. The van der Waals surface area contributed by atoms with Crippen molar-refractivity contribution in [2.75, 3.05) is 13.1 Å². The lowest BCUT2D eigenvalue weighted by molar-refractivity contribution is 0.155. The van der Waals surface area contributed by atoms with Crippen molar-refractivity contribution in [2.45, 2.75) is 31.2 Å². The highest BCUT2D eigenvalue weighted by Gasteiger charge is 2.40. The summed E-state index contributed by atoms with van der Waals surface area (Å²) in [5.41, 5.74) is 5.40. The minimum Gasteiger partial charge on any atom is -0.327 e. The SMILES string of the molecule is CC1(C)CN(S(=O)(=O)c2c(F)cc(F)cc2F)CCC1N. The maximum atomic E-state index is 13.7. The zero-order valence-corrected chi connectivity index (χ0v) is 12.6. The Morgan fingerprint density at radius 2 is 1.76 bits per heavy atom. The summed E-state index contributed by atoms with van der Waals surface area (Å²) < 4.78 is 66.2. The van der Waals surface area contributed by atoms with Crippen LogP contribution in [0.3, 0.4) is 0 Å². The van der Waals surface area contributed by atoms with Crippen molar-refractivity contribution in [1.82, 2.24) is 4.31 Å². The molecule has 1 aromatic carbocycles. The number of benzene rings is 1. The van der Waals surface area contributed by atoms with Crippen molar-refractivity contribution >= 4 is 10.0 Å². The molecule has 0 amide bonds. The third kappa shape index (κ3) is 2.93. The Bertz CT molecular complexity index is 638. The quantitative estimate of drug-likeness (QED) is 0.904. The molecule has 1 heterocycles. The number of rotatable bonds is 2. The van der Waals surface area contributed by atoms with Gasteiger partial charge in [0.15, 0.2) is 4.90 Å². The van der Waals surface area contributed by atoms with Gasteiger partial charge >= 0.3 is 0 Å². The second kappa shape index (κ2) is 5.26. The molecule has 0 aliphatic carbocycles. The number of hydrogen-bond donors (Lipinski definition) is 1. The molecule has 118 valence electrons. The molecule has 1 atom stereocenters. The average molecular weight is 322 g/mol. The fourth-order valence-corrected chi connectivity index (χ4v) is 4.15. The first kappa shape index (κ1) is 16.3. The Morgan fingerprint density at radius 1 is 1.24 bits per heavy atom. The van der Waals surface area contributed by atoms with Gasteiger partial charge in [0.05, 0.1) is 0 Å². The van der Waals surface area contributed by atoms with E-state index >= 15 is 0 Å². The number of nitrogens with two attached hydrogens (primary N) is 1. The lowest BCUT2D eigenvalue weighted by atomic mass is 9.81. The van der Waals surface area contributed by atoms with Crippen LogP contribution in [0.15, 0.2) is 17.0 Å². The summed E-state index contributed by atoms with van der Waals surface area (Å²) >= 11 is 0. The van der Waals surface area contributed by atoms with Gasteiger partial charge in [-0.2, -0.15) is 4.31 Å². The lowest BCUT2D eigenvalue weighted by Crippen LogP contribution is -2.54. The molecule has 0 saturated carbocycles. The van der Waals surface area contributed by atoms with Crippen LogP contribution < -0.4 is 5.73 Å². The van der Waals surface area contributed by atoms with E-state index < -0.39 is 37.8 Å². The average Bonchev–Trinajstić information content (AvgIpc) is 2.30. The second-order valence-electron chi connectivity index (χ2n) is 5.92. The summed E-state index contributed by atoms with van der Waals surface area (Å²) in [5.74, 6) is -4.02. The largest absolute Gasteiger partial charge is 0.327 e. The van der Waals surface area contributed by atoms with Crippen LogP contribution in [-0.2, 0) is 10.0 Å². The van der Waals surface area contributed by atoms with Crippen LogP contribution in [0.4, 0.5) is 13.2 Å². The highest BCUT2D eigenvalue weighted by molar-refractivity contribution is 7.89. The molecule has 1 unspecified atom stereocenters. The maximum absolute atomic E-state index is 13.7. The molecule has 0 bridgehead atoms. The van der Waals surface area contributed by atoms with Crippen LogP contribution in [0, 0.1) is 22.9 Å². The Labute approximate surface area is 121 Å². The second-order valence-corrected chi connectivity index (χ2v) is 7.80. The van der Waals surface area contributed by atoms with Gasteiger partial charge in [-0.1, -0.05) is 13.8 Å². The van der Waals surface area contributed by atoms with Gasteiger partial charge in [-0.15, -0.1) is 0 Å². The minimum atomic E-state index is -4.37. The molecule has 2 rings (SSSR count). The van der Waals surface area contributed by atoms with E-state index in [2.05, 4.69) is 0 Å². The zero-order chi connectivity index (χ0) is 16.0. The Balaban J connectivity index is 2.44.